The summed E-state index contributed by atoms with van der Waals surface area (Å²) in [6.07, 6.45) is 0.400. The van der Waals surface area contributed by atoms with Crippen molar-refractivity contribution in [1.82, 2.24) is 0 Å². The predicted molar refractivity (Wildman–Crippen MR) is 76.6 cm³/mol. The standard InChI is InChI=1S/C15H18N2O4/c1-9-3-2-4-10(7-9)17(6-5-13(16)18)14(19)11-8-12(11)15(20)21/h2-4,7,11-12H,5-6,8H2,1H3,(H2,16,18)(H,20,21). The molecule has 0 spiro atoms. The summed E-state index contributed by atoms with van der Waals surface area (Å²) in [7, 11) is 0. The lowest BCUT2D eigenvalue weighted by molar-refractivity contribution is -0.140. The monoisotopic (exact) mass is 290 g/mol. The maximum Gasteiger partial charge on any atom is 0.307 e. The van der Waals surface area contributed by atoms with E-state index < -0.39 is 23.7 Å². The third-order valence-electron chi connectivity index (χ3n) is 3.59. The molecule has 0 radical (unpaired) electrons. The summed E-state index contributed by atoms with van der Waals surface area (Å²) in [4.78, 5) is 35.8. The van der Waals surface area contributed by atoms with Crippen molar-refractivity contribution in [1.29, 1.82) is 0 Å². The van der Waals surface area contributed by atoms with E-state index in [2.05, 4.69) is 0 Å². The van der Waals surface area contributed by atoms with E-state index in [1.807, 2.05) is 25.1 Å². The second-order valence-corrected chi connectivity index (χ2v) is 5.33. The van der Waals surface area contributed by atoms with Crippen LogP contribution in [0.3, 0.4) is 0 Å². The molecule has 1 aromatic carbocycles. The van der Waals surface area contributed by atoms with Crippen LogP contribution in [0.5, 0.6) is 0 Å². The van der Waals surface area contributed by atoms with E-state index in [1.165, 1.54) is 4.90 Å². The van der Waals surface area contributed by atoms with Gasteiger partial charge in [0.05, 0.1) is 11.8 Å². The number of carbonyl (C=O) groups excluding carboxylic acids is 2. The van der Waals surface area contributed by atoms with Crippen molar-refractivity contribution in [2.24, 2.45) is 17.6 Å². The molecule has 1 aliphatic carbocycles. The number of carbonyl (C=O) groups is 3. The minimum absolute atomic E-state index is 0.0458. The third-order valence-corrected chi connectivity index (χ3v) is 3.59. The molecule has 0 aromatic heterocycles. The minimum Gasteiger partial charge on any atom is -0.481 e. The first-order valence-electron chi connectivity index (χ1n) is 6.79. The van der Waals surface area contributed by atoms with Gasteiger partial charge in [-0.05, 0) is 31.0 Å². The highest BCUT2D eigenvalue weighted by Gasteiger charge is 2.50. The quantitative estimate of drug-likeness (QED) is 0.813. The fourth-order valence-electron chi connectivity index (χ4n) is 2.33. The molecule has 1 fully saturated rings. The Kier molecular flexibility index (Phi) is 4.26. The maximum atomic E-state index is 12.5. The van der Waals surface area contributed by atoms with Crippen molar-refractivity contribution in [3.8, 4) is 0 Å². The molecule has 2 unspecified atom stereocenters. The smallest absolute Gasteiger partial charge is 0.307 e. The molecule has 1 saturated carbocycles. The van der Waals surface area contributed by atoms with Gasteiger partial charge in [-0.15, -0.1) is 0 Å². The van der Waals surface area contributed by atoms with Gasteiger partial charge in [0.25, 0.3) is 0 Å². The van der Waals surface area contributed by atoms with Crippen LogP contribution in [0.1, 0.15) is 18.4 Å². The minimum atomic E-state index is -0.951. The first-order valence-corrected chi connectivity index (χ1v) is 6.79. The van der Waals surface area contributed by atoms with Crippen molar-refractivity contribution in [3.63, 3.8) is 0 Å². The molecule has 1 aliphatic rings. The van der Waals surface area contributed by atoms with Gasteiger partial charge < -0.3 is 15.7 Å². The largest absolute Gasteiger partial charge is 0.481 e. The lowest BCUT2D eigenvalue weighted by Crippen LogP contribution is -2.36. The zero-order chi connectivity index (χ0) is 15.6. The van der Waals surface area contributed by atoms with Crippen molar-refractivity contribution >= 4 is 23.5 Å². The molecule has 112 valence electrons. The van der Waals surface area contributed by atoms with E-state index in [0.717, 1.165) is 5.56 Å². The number of hydrogen-bond acceptors (Lipinski definition) is 3. The van der Waals surface area contributed by atoms with Crippen LogP contribution < -0.4 is 10.6 Å². The van der Waals surface area contributed by atoms with E-state index in [1.54, 1.807) is 6.07 Å². The molecule has 0 aliphatic heterocycles. The Balaban J connectivity index is 2.18. The van der Waals surface area contributed by atoms with Crippen molar-refractivity contribution < 1.29 is 19.5 Å². The van der Waals surface area contributed by atoms with Crippen LogP contribution in [0, 0.1) is 18.8 Å². The molecule has 2 atom stereocenters. The van der Waals surface area contributed by atoms with E-state index in [4.69, 9.17) is 10.8 Å². The number of amides is 2. The van der Waals surface area contributed by atoms with Crippen molar-refractivity contribution in [2.45, 2.75) is 19.8 Å². The Morgan fingerprint density at radius 2 is 2.05 bits per heavy atom. The second kappa shape index (κ2) is 5.95. The molecule has 6 nitrogen and oxygen atoms in total. The average Bonchev–Trinajstić information content (AvgIpc) is 3.18. The van der Waals surface area contributed by atoms with E-state index in [0.29, 0.717) is 12.1 Å². The lowest BCUT2D eigenvalue weighted by Gasteiger charge is -2.23. The van der Waals surface area contributed by atoms with Crippen LogP contribution >= 0.6 is 0 Å². The molecule has 0 saturated heterocycles. The summed E-state index contributed by atoms with van der Waals surface area (Å²) in [5.41, 5.74) is 6.79. The van der Waals surface area contributed by atoms with Crippen LogP contribution in [-0.4, -0.2) is 29.4 Å². The highest BCUT2D eigenvalue weighted by molar-refractivity contribution is 6.00. The van der Waals surface area contributed by atoms with Gasteiger partial charge >= 0.3 is 5.97 Å². The fourth-order valence-corrected chi connectivity index (χ4v) is 2.33. The Morgan fingerprint density at radius 1 is 1.33 bits per heavy atom. The van der Waals surface area contributed by atoms with E-state index in [9.17, 15) is 14.4 Å². The first kappa shape index (κ1) is 15.0. The highest BCUT2D eigenvalue weighted by Crippen LogP contribution is 2.41. The fraction of sp³-hybridized carbons (Fsp3) is 0.400. The Labute approximate surface area is 122 Å². The van der Waals surface area contributed by atoms with Gasteiger partial charge in [0, 0.05) is 18.7 Å². The Hall–Kier alpha value is -2.37. The van der Waals surface area contributed by atoms with Gasteiger partial charge in [-0.2, -0.15) is 0 Å². The average molecular weight is 290 g/mol. The molecular formula is C15H18N2O4. The zero-order valence-electron chi connectivity index (χ0n) is 11.8. The summed E-state index contributed by atoms with van der Waals surface area (Å²) >= 11 is 0. The lowest BCUT2D eigenvalue weighted by atomic mass is 10.1. The van der Waals surface area contributed by atoms with Crippen LogP contribution in [0.2, 0.25) is 0 Å². The van der Waals surface area contributed by atoms with Gasteiger partial charge in [0.15, 0.2) is 0 Å². The number of aryl methyl sites for hydroxylation is 1. The number of nitrogens with zero attached hydrogens (tertiary/aromatic N) is 1. The highest BCUT2D eigenvalue weighted by atomic mass is 16.4. The Morgan fingerprint density at radius 3 is 2.57 bits per heavy atom. The number of rotatable bonds is 6. The molecule has 21 heavy (non-hydrogen) atoms. The van der Waals surface area contributed by atoms with E-state index >= 15 is 0 Å². The number of anilines is 1. The number of nitrogens with two attached hydrogens (primary N) is 1. The number of carboxylic acids is 1. The van der Waals surface area contributed by atoms with Crippen molar-refractivity contribution in [2.75, 3.05) is 11.4 Å². The SMILES string of the molecule is Cc1cccc(N(CCC(N)=O)C(=O)C2CC2C(=O)O)c1. The van der Waals surface area contributed by atoms with Crippen LogP contribution in [0.4, 0.5) is 5.69 Å². The molecule has 2 rings (SSSR count). The maximum absolute atomic E-state index is 12.5. The number of primary amides is 1. The summed E-state index contributed by atoms with van der Waals surface area (Å²) in [6, 6.07) is 7.31. The van der Waals surface area contributed by atoms with Gasteiger partial charge in [-0.1, -0.05) is 12.1 Å². The number of aliphatic carboxylic acids is 1. The Bertz CT molecular complexity index is 585. The normalized spacial score (nSPS) is 19.9. The summed E-state index contributed by atoms with van der Waals surface area (Å²) in [6.45, 7) is 2.07. The van der Waals surface area contributed by atoms with E-state index in [-0.39, 0.29) is 18.9 Å². The topological polar surface area (TPSA) is 101 Å². The zero-order valence-corrected chi connectivity index (χ0v) is 11.8. The van der Waals surface area contributed by atoms with Gasteiger partial charge in [-0.3, -0.25) is 14.4 Å². The summed E-state index contributed by atoms with van der Waals surface area (Å²) in [5.74, 6) is -2.82. The van der Waals surface area contributed by atoms with Gasteiger partial charge in [0.2, 0.25) is 11.8 Å². The van der Waals surface area contributed by atoms with Crippen LogP contribution in [0.15, 0.2) is 24.3 Å². The molecule has 0 heterocycles. The summed E-state index contributed by atoms with van der Waals surface area (Å²) in [5, 5.41) is 8.94. The number of benzene rings is 1. The van der Waals surface area contributed by atoms with Crippen LogP contribution in [0.25, 0.3) is 0 Å². The van der Waals surface area contributed by atoms with Gasteiger partial charge in [0.1, 0.15) is 0 Å². The third kappa shape index (κ3) is 3.59. The second-order valence-electron chi connectivity index (χ2n) is 5.33. The van der Waals surface area contributed by atoms with Crippen LogP contribution in [-0.2, 0) is 14.4 Å². The molecular weight excluding hydrogens is 272 g/mol. The number of hydrogen-bond donors (Lipinski definition) is 2. The molecule has 3 N–H and O–H groups in total. The molecule has 6 heteroatoms. The predicted octanol–water partition coefficient (Wildman–Crippen LogP) is 0.924. The molecule has 1 aromatic rings. The molecule has 2 amide bonds. The van der Waals surface area contributed by atoms with Crippen molar-refractivity contribution in [3.05, 3.63) is 29.8 Å². The van der Waals surface area contributed by atoms with Gasteiger partial charge in [-0.25, -0.2) is 0 Å². The first-order chi connectivity index (χ1) is 9.90. The molecule has 0 bridgehead atoms. The number of carboxylic acid groups (broad SMARTS) is 1. The summed E-state index contributed by atoms with van der Waals surface area (Å²) < 4.78 is 0.